The average molecular weight is 626 g/mol. The number of halogens is 5. The Morgan fingerprint density at radius 3 is 2.46 bits per heavy atom. The van der Waals surface area contributed by atoms with Gasteiger partial charge in [0.1, 0.15) is 17.6 Å². The molecule has 0 bridgehead atoms. The molecule has 9 nitrogen and oxygen atoms in total. The second-order valence-electron chi connectivity index (χ2n) is 10.2. The normalized spacial score (nSPS) is 21.1. The molecular weight excluding hydrogens is 593 g/mol. The molecule has 4 rings (SSSR count). The van der Waals surface area contributed by atoms with Crippen molar-refractivity contribution in [3.63, 3.8) is 0 Å². The summed E-state index contributed by atoms with van der Waals surface area (Å²) < 4.78 is 88.0. The number of rotatable bonds is 8. The van der Waals surface area contributed by atoms with E-state index in [4.69, 9.17) is 0 Å². The van der Waals surface area contributed by atoms with Gasteiger partial charge < -0.3 is 15.5 Å². The first-order valence-electron chi connectivity index (χ1n) is 13.2. The van der Waals surface area contributed by atoms with Gasteiger partial charge in [-0.1, -0.05) is 6.92 Å². The lowest BCUT2D eigenvalue weighted by Crippen LogP contribution is -2.39. The zero-order valence-corrected chi connectivity index (χ0v) is 24.0. The highest BCUT2D eigenvalue weighted by molar-refractivity contribution is 8.24. The van der Waals surface area contributed by atoms with Gasteiger partial charge in [-0.2, -0.15) is 23.8 Å². The zero-order chi connectivity index (χ0) is 30.1. The highest BCUT2D eigenvalue weighted by Crippen LogP contribution is 2.44. The van der Waals surface area contributed by atoms with Gasteiger partial charge >= 0.3 is 6.18 Å². The highest BCUT2D eigenvalue weighted by atomic mass is 32.3. The maximum atomic E-state index is 14.3. The Kier molecular flexibility index (Phi) is 9.45. The largest absolute Gasteiger partial charge is 0.408 e. The number of anilines is 1. The van der Waals surface area contributed by atoms with Crippen LogP contribution in [0.15, 0.2) is 12.3 Å². The Balaban J connectivity index is 1.71. The lowest BCUT2D eigenvalue weighted by molar-refractivity contribution is -0.142. The van der Waals surface area contributed by atoms with Crippen LogP contribution < -0.4 is 10.6 Å². The molecule has 2 aromatic heterocycles. The van der Waals surface area contributed by atoms with Gasteiger partial charge in [0.25, 0.3) is 18.2 Å². The van der Waals surface area contributed by atoms with Crippen LogP contribution in [0.1, 0.15) is 78.2 Å². The average Bonchev–Trinajstić information content (AvgIpc) is 3.54. The lowest BCUT2D eigenvalue weighted by Gasteiger charge is -2.39. The molecule has 2 aliphatic rings. The van der Waals surface area contributed by atoms with Crippen molar-refractivity contribution in [1.29, 1.82) is 0 Å². The van der Waals surface area contributed by atoms with Crippen molar-refractivity contribution in [3.8, 4) is 10.4 Å². The maximum Gasteiger partial charge on any atom is 0.408 e. The van der Waals surface area contributed by atoms with Gasteiger partial charge in [0, 0.05) is 47.5 Å². The molecule has 0 aliphatic carbocycles. The van der Waals surface area contributed by atoms with Crippen LogP contribution in [0, 0.1) is 0 Å². The fourth-order valence-corrected chi connectivity index (χ4v) is 7.45. The number of nitrogens with zero attached hydrogens (tertiary/aromatic N) is 3. The summed E-state index contributed by atoms with van der Waals surface area (Å²) in [6.07, 6.45) is -5.00. The second kappa shape index (κ2) is 12.4. The van der Waals surface area contributed by atoms with Gasteiger partial charge in [-0.05, 0) is 45.1 Å². The zero-order valence-electron chi connectivity index (χ0n) is 22.4. The van der Waals surface area contributed by atoms with Crippen LogP contribution in [0.4, 0.5) is 27.8 Å². The summed E-state index contributed by atoms with van der Waals surface area (Å²) in [7, 11) is -2.67. The number of pyridine rings is 1. The van der Waals surface area contributed by atoms with E-state index in [9.17, 15) is 40.6 Å². The number of amides is 2. The quantitative estimate of drug-likeness (QED) is 0.259. The van der Waals surface area contributed by atoms with Gasteiger partial charge in [0.05, 0.1) is 4.88 Å². The van der Waals surface area contributed by atoms with Gasteiger partial charge in [-0.25, -0.2) is 18.7 Å². The Morgan fingerprint density at radius 2 is 1.90 bits per heavy atom. The van der Waals surface area contributed by atoms with Crippen molar-refractivity contribution < 1.29 is 40.6 Å². The van der Waals surface area contributed by atoms with E-state index < -0.39 is 52.4 Å². The summed E-state index contributed by atoms with van der Waals surface area (Å²) in [5, 5.41) is 4.76. The van der Waals surface area contributed by atoms with E-state index in [-0.39, 0.29) is 51.2 Å². The Hall–Kier alpha value is -2.56. The van der Waals surface area contributed by atoms with Crippen molar-refractivity contribution >= 4 is 39.6 Å². The first-order valence-corrected chi connectivity index (χ1v) is 15.9. The summed E-state index contributed by atoms with van der Waals surface area (Å²) in [5.74, 6) is -1.32. The number of carbonyl (C=O) groups excluding carboxylic acids is 2. The van der Waals surface area contributed by atoms with Crippen LogP contribution in [-0.2, 0) is 0 Å². The molecular formula is C25H32F5N5O4S2. The van der Waals surface area contributed by atoms with Crippen molar-refractivity contribution in [2.24, 2.45) is 0 Å². The number of likely N-dealkylation sites (tertiary alicyclic amines) is 1. The maximum absolute atomic E-state index is 14.3. The van der Waals surface area contributed by atoms with E-state index in [0.29, 0.717) is 19.4 Å². The van der Waals surface area contributed by atoms with E-state index in [1.165, 1.54) is 6.92 Å². The van der Waals surface area contributed by atoms with E-state index in [1.807, 2.05) is 6.92 Å². The number of hydrogen-bond donors (Lipinski definition) is 4. The molecule has 16 heteroatoms. The molecule has 2 atom stereocenters. The first kappa shape index (κ1) is 31.4. The fraction of sp³-hybridized carbons (Fsp3) is 0.600. The molecule has 41 heavy (non-hydrogen) atoms. The van der Waals surface area contributed by atoms with E-state index in [1.54, 1.807) is 4.90 Å². The molecule has 2 fully saturated rings. The predicted molar refractivity (Wildman–Crippen MR) is 147 cm³/mol. The topological polar surface area (TPSA) is 128 Å². The molecule has 228 valence electrons. The smallest absolute Gasteiger partial charge is 0.359 e. The molecule has 2 aromatic rings. The molecule has 2 saturated heterocycles. The number of nitrogens with one attached hydrogen (secondary N) is 2. The monoisotopic (exact) mass is 625 g/mol. The van der Waals surface area contributed by atoms with Gasteiger partial charge in [0.15, 0.2) is 5.01 Å². The molecule has 0 spiro atoms. The lowest BCUT2D eigenvalue weighted by atomic mass is 10.1. The Morgan fingerprint density at radius 1 is 1.22 bits per heavy atom. The third kappa shape index (κ3) is 7.27. The molecule has 2 aliphatic heterocycles. The minimum absolute atomic E-state index is 0.0331. The van der Waals surface area contributed by atoms with Crippen molar-refractivity contribution in [2.75, 3.05) is 23.4 Å². The minimum Gasteiger partial charge on any atom is -0.359 e. The van der Waals surface area contributed by atoms with Crippen LogP contribution in [-0.4, -0.2) is 78.1 Å². The molecule has 0 radical (unpaired) electrons. The molecule has 0 aromatic carbocycles. The summed E-state index contributed by atoms with van der Waals surface area (Å²) in [4.78, 5) is 36.4. The summed E-state index contributed by atoms with van der Waals surface area (Å²) in [6.45, 7) is 3.56. The van der Waals surface area contributed by atoms with Crippen LogP contribution in [0.2, 0.25) is 0 Å². The molecule has 4 N–H and O–H groups in total. The van der Waals surface area contributed by atoms with Gasteiger partial charge in [0.2, 0.25) is 0 Å². The third-order valence-electron chi connectivity index (χ3n) is 7.30. The van der Waals surface area contributed by atoms with Crippen molar-refractivity contribution in [1.82, 2.24) is 20.2 Å². The van der Waals surface area contributed by atoms with E-state index in [0.717, 1.165) is 36.4 Å². The van der Waals surface area contributed by atoms with E-state index in [2.05, 4.69) is 20.6 Å². The summed E-state index contributed by atoms with van der Waals surface area (Å²) >= 11 is 0.720. The van der Waals surface area contributed by atoms with Crippen LogP contribution >= 0.6 is 21.9 Å². The van der Waals surface area contributed by atoms with Crippen LogP contribution in [0.3, 0.4) is 0 Å². The van der Waals surface area contributed by atoms with Crippen molar-refractivity contribution in [2.45, 2.75) is 76.7 Å². The Labute approximate surface area is 239 Å². The standard InChI is InChI=1S/C25H32F5N5O4S2/c1-3-17(25(28,29)30)33-18-11-15(21(26)27)16(12-31-18)20-19(24(37)35-8-4-5-13(35)2)34-23(40-20)22(36)32-14-6-9-41(38,39)10-7-14/h11-14,17,21,38-39H,3-10H2,1-2H3,(H,31,33)(H,32,36). The van der Waals surface area contributed by atoms with Crippen molar-refractivity contribution in [3.05, 3.63) is 28.5 Å². The Bertz CT molecular complexity index is 1270. The second-order valence-corrected chi connectivity index (χ2v) is 13.7. The fourth-order valence-electron chi connectivity index (χ4n) is 4.93. The highest BCUT2D eigenvalue weighted by Gasteiger charge is 2.39. The summed E-state index contributed by atoms with van der Waals surface area (Å²) in [6, 6.07) is -1.68. The molecule has 2 amide bonds. The number of carbonyl (C=O) groups is 2. The van der Waals surface area contributed by atoms with Gasteiger partial charge in [-0.3, -0.25) is 18.7 Å². The molecule has 4 heterocycles. The number of hydrogen-bond acceptors (Lipinski definition) is 8. The third-order valence-corrected chi connectivity index (χ3v) is 10.2. The SMILES string of the molecule is CCC(Nc1cc(C(F)F)c(-c2sc(C(=O)NC3CCS(O)(O)CC3)nc2C(=O)N2CCCC2C)cn1)C(F)(F)F. The van der Waals surface area contributed by atoms with Crippen LogP contribution in [0.5, 0.6) is 0 Å². The number of aromatic nitrogens is 2. The number of alkyl halides is 5. The van der Waals surface area contributed by atoms with Crippen LogP contribution in [0.25, 0.3) is 10.4 Å². The predicted octanol–water partition coefficient (Wildman–Crippen LogP) is 6.16. The van der Waals surface area contributed by atoms with Gasteiger partial charge in [-0.15, -0.1) is 11.3 Å². The minimum atomic E-state index is -4.62. The summed E-state index contributed by atoms with van der Waals surface area (Å²) in [5.41, 5.74) is -1.07. The molecule has 0 saturated carbocycles. The van der Waals surface area contributed by atoms with E-state index >= 15 is 0 Å². The molecule has 2 unspecified atom stereocenters. The number of thiazole rings is 1. The first-order chi connectivity index (χ1) is 19.2.